The van der Waals surface area contributed by atoms with Crippen molar-refractivity contribution in [3.8, 4) is 0 Å². The highest BCUT2D eigenvalue weighted by Gasteiger charge is 2.22. The lowest BCUT2D eigenvalue weighted by Gasteiger charge is -2.27. The molecule has 2 nitrogen and oxygen atoms in total. The molecule has 1 unspecified atom stereocenters. The molecule has 1 heterocycles. The quantitative estimate of drug-likeness (QED) is 0.874. The maximum absolute atomic E-state index is 9.67. The predicted octanol–water partition coefficient (Wildman–Crippen LogP) is 4.00. The molecule has 0 amide bonds. The number of nitrogens with one attached hydrogen (secondary N) is 1. The Labute approximate surface area is 121 Å². The van der Waals surface area contributed by atoms with E-state index in [0.717, 1.165) is 0 Å². The van der Waals surface area contributed by atoms with Crippen molar-refractivity contribution in [3.05, 3.63) is 21.9 Å². The standard InChI is InChI=1S/C16H27NOS/c1-16(2,3)15-10-9-14(19-15)13(11-18)17-12-7-5-4-6-8-12/h9-10,12-13,17-18H,4-8,11H2,1-3H3. The van der Waals surface area contributed by atoms with E-state index >= 15 is 0 Å². The van der Waals surface area contributed by atoms with Crippen molar-refractivity contribution in [1.82, 2.24) is 5.32 Å². The van der Waals surface area contributed by atoms with Crippen LogP contribution in [0.4, 0.5) is 0 Å². The Bertz CT molecular complexity index is 388. The van der Waals surface area contributed by atoms with Gasteiger partial charge in [0, 0.05) is 15.8 Å². The lowest BCUT2D eigenvalue weighted by Crippen LogP contribution is -2.35. The van der Waals surface area contributed by atoms with Crippen LogP contribution in [0.2, 0.25) is 0 Å². The second-order valence-corrected chi connectivity index (χ2v) is 7.80. The molecule has 2 rings (SSSR count). The third-order valence-corrected chi connectivity index (χ3v) is 5.56. The second kappa shape index (κ2) is 6.38. The van der Waals surface area contributed by atoms with Gasteiger partial charge in [-0.3, -0.25) is 0 Å². The Morgan fingerprint density at radius 2 is 1.95 bits per heavy atom. The normalized spacial score (nSPS) is 19.6. The third-order valence-electron chi connectivity index (χ3n) is 3.93. The number of hydrogen-bond donors (Lipinski definition) is 2. The Morgan fingerprint density at radius 1 is 1.26 bits per heavy atom. The first-order valence-corrected chi connectivity index (χ1v) is 8.29. The van der Waals surface area contributed by atoms with Crippen LogP contribution in [0.15, 0.2) is 12.1 Å². The van der Waals surface area contributed by atoms with Crippen LogP contribution in [0.1, 0.15) is 68.7 Å². The van der Waals surface area contributed by atoms with Crippen LogP contribution in [0.25, 0.3) is 0 Å². The Morgan fingerprint density at radius 3 is 2.47 bits per heavy atom. The van der Waals surface area contributed by atoms with Crippen LogP contribution >= 0.6 is 11.3 Å². The predicted molar refractivity (Wildman–Crippen MR) is 82.9 cm³/mol. The van der Waals surface area contributed by atoms with E-state index in [0.29, 0.717) is 6.04 Å². The summed E-state index contributed by atoms with van der Waals surface area (Å²) in [7, 11) is 0. The Balaban J connectivity index is 2.02. The van der Waals surface area contributed by atoms with E-state index in [1.807, 2.05) is 11.3 Å². The molecule has 0 aromatic carbocycles. The van der Waals surface area contributed by atoms with E-state index < -0.39 is 0 Å². The average Bonchev–Trinajstić information content (AvgIpc) is 2.86. The topological polar surface area (TPSA) is 32.3 Å². The van der Waals surface area contributed by atoms with Crippen LogP contribution in [0.3, 0.4) is 0 Å². The molecule has 0 radical (unpaired) electrons. The number of rotatable bonds is 4. The summed E-state index contributed by atoms with van der Waals surface area (Å²) in [5.41, 5.74) is 0.202. The van der Waals surface area contributed by atoms with Gasteiger partial charge in [0.1, 0.15) is 0 Å². The molecule has 1 atom stereocenters. The maximum atomic E-state index is 9.67. The van der Waals surface area contributed by atoms with Gasteiger partial charge < -0.3 is 10.4 Å². The van der Waals surface area contributed by atoms with Gasteiger partial charge in [-0.05, 0) is 30.4 Å². The van der Waals surface area contributed by atoms with Crippen LogP contribution < -0.4 is 5.32 Å². The summed E-state index contributed by atoms with van der Waals surface area (Å²) in [5.74, 6) is 0. The van der Waals surface area contributed by atoms with Crippen molar-refractivity contribution < 1.29 is 5.11 Å². The SMILES string of the molecule is CC(C)(C)c1ccc(C(CO)NC2CCCCC2)s1. The minimum Gasteiger partial charge on any atom is -0.394 e. The molecule has 0 bridgehead atoms. The molecule has 0 saturated heterocycles. The lowest BCUT2D eigenvalue weighted by molar-refractivity contribution is 0.222. The first kappa shape index (κ1) is 15.0. The molecule has 1 aliphatic carbocycles. The summed E-state index contributed by atoms with van der Waals surface area (Å²) in [4.78, 5) is 2.67. The fourth-order valence-electron chi connectivity index (χ4n) is 2.72. The first-order valence-electron chi connectivity index (χ1n) is 7.48. The molecule has 1 aromatic heterocycles. The summed E-state index contributed by atoms with van der Waals surface area (Å²) in [6.45, 7) is 6.92. The summed E-state index contributed by atoms with van der Waals surface area (Å²) >= 11 is 1.84. The van der Waals surface area contributed by atoms with Crippen molar-refractivity contribution in [3.63, 3.8) is 0 Å². The first-order chi connectivity index (χ1) is 9.00. The number of aliphatic hydroxyl groups is 1. The molecule has 1 aromatic rings. The fourth-order valence-corrected chi connectivity index (χ4v) is 3.84. The molecule has 0 spiro atoms. The molecule has 0 aliphatic heterocycles. The molecular formula is C16H27NOS. The van der Waals surface area contributed by atoms with E-state index in [1.165, 1.54) is 41.9 Å². The van der Waals surface area contributed by atoms with Crippen molar-refractivity contribution in [2.75, 3.05) is 6.61 Å². The van der Waals surface area contributed by atoms with Gasteiger partial charge in [-0.15, -0.1) is 11.3 Å². The second-order valence-electron chi connectivity index (χ2n) is 6.69. The molecule has 1 fully saturated rings. The van der Waals surface area contributed by atoms with Gasteiger partial charge in [0.05, 0.1) is 12.6 Å². The zero-order valence-electron chi connectivity index (χ0n) is 12.4. The van der Waals surface area contributed by atoms with Crippen LogP contribution in [0.5, 0.6) is 0 Å². The highest BCUT2D eigenvalue weighted by atomic mass is 32.1. The zero-order chi connectivity index (χ0) is 13.9. The van der Waals surface area contributed by atoms with E-state index in [-0.39, 0.29) is 18.1 Å². The van der Waals surface area contributed by atoms with Gasteiger partial charge in [-0.2, -0.15) is 0 Å². The molecule has 19 heavy (non-hydrogen) atoms. The zero-order valence-corrected chi connectivity index (χ0v) is 13.2. The average molecular weight is 281 g/mol. The van der Waals surface area contributed by atoms with Crippen LogP contribution in [-0.4, -0.2) is 17.8 Å². The van der Waals surface area contributed by atoms with Crippen LogP contribution in [0, 0.1) is 0 Å². The van der Waals surface area contributed by atoms with Crippen molar-refractivity contribution in [1.29, 1.82) is 0 Å². The smallest absolute Gasteiger partial charge is 0.0652 e. The third kappa shape index (κ3) is 4.04. The van der Waals surface area contributed by atoms with Crippen LogP contribution in [-0.2, 0) is 5.41 Å². The number of aliphatic hydroxyl groups excluding tert-OH is 1. The molecule has 1 aliphatic rings. The van der Waals surface area contributed by atoms with Gasteiger partial charge in [0.15, 0.2) is 0 Å². The van der Waals surface area contributed by atoms with Crippen molar-refractivity contribution in [2.24, 2.45) is 0 Å². The van der Waals surface area contributed by atoms with Gasteiger partial charge in [-0.1, -0.05) is 40.0 Å². The Kier molecular flexibility index (Phi) is 5.04. The molecule has 108 valence electrons. The van der Waals surface area contributed by atoms with E-state index in [2.05, 4.69) is 38.2 Å². The Hall–Kier alpha value is -0.380. The summed E-state index contributed by atoms with van der Waals surface area (Å²) in [5, 5.41) is 13.3. The molecule has 1 saturated carbocycles. The minimum absolute atomic E-state index is 0.115. The highest BCUT2D eigenvalue weighted by molar-refractivity contribution is 7.12. The van der Waals surface area contributed by atoms with Gasteiger partial charge in [0.25, 0.3) is 0 Å². The summed E-state index contributed by atoms with van der Waals surface area (Å²) in [6.07, 6.45) is 6.54. The van der Waals surface area contributed by atoms with Crippen molar-refractivity contribution in [2.45, 2.75) is 70.4 Å². The van der Waals surface area contributed by atoms with Gasteiger partial charge in [-0.25, -0.2) is 0 Å². The van der Waals surface area contributed by atoms with Gasteiger partial charge >= 0.3 is 0 Å². The monoisotopic (exact) mass is 281 g/mol. The molecule has 3 heteroatoms. The van der Waals surface area contributed by atoms with Crippen molar-refractivity contribution >= 4 is 11.3 Å². The number of thiophene rings is 1. The minimum atomic E-state index is 0.115. The summed E-state index contributed by atoms with van der Waals surface area (Å²) in [6, 6.07) is 5.10. The maximum Gasteiger partial charge on any atom is 0.0652 e. The van der Waals surface area contributed by atoms with E-state index in [4.69, 9.17) is 0 Å². The summed E-state index contributed by atoms with van der Waals surface area (Å²) < 4.78 is 0. The largest absolute Gasteiger partial charge is 0.394 e. The highest BCUT2D eigenvalue weighted by Crippen LogP contribution is 2.33. The van der Waals surface area contributed by atoms with E-state index in [1.54, 1.807) is 0 Å². The number of hydrogen-bond acceptors (Lipinski definition) is 3. The van der Waals surface area contributed by atoms with E-state index in [9.17, 15) is 5.11 Å². The lowest BCUT2D eigenvalue weighted by atomic mass is 9.94. The van der Waals surface area contributed by atoms with Gasteiger partial charge in [0.2, 0.25) is 0 Å². The molecular weight excluding hydrogens is 254 g/mol. The molecule has 2 N–H and O–H groups in total. The fraction of sp³-hybridized carbons (Fsp3) is 0.750.